The predicted octanol–water partition coefficient (Wildman–Crippen LogP) is 2.25. The van der Waals surface area contributed by atoms with Crippen LogP contribution >= 0.6 is 11.6 Å². The maximum Gasteiger partial charge on any atom is 0.511 e. The highest BCUT2D eigenvalue weighted by Crippen LogP contribution is 2.35. The van der Waals surface area contributed by atoms with Gasteiger partial charge in [-0.1, -0.05) is 18.5 Å². The van der Waals surface area contributed by atoms with Gasteiger partial charge in [-0.15, -0.1) is 0 Å². The Morgan fingerprint density at radius 3 is 2.50 bits per heavy atom. The number of hydrogen-bond donors (Lipinski definition) is 1. The quantitative estimate of drug-likeness (QED) is 0.362. The Bertz CT molecular complexity index is 1090. The Morgan fingerprint density at radius 2 is 2.00 bits per heavy atom. The van der Waals surface area contributed by atoms with Crippen molar-refractivity contribution < 1.29 is 40.7 Å². The first-order valence-corrected chi connectivity index (χ1v) is 11.7. The average molecular weight is 527 g/mol. The van der Waals surface area contributed by atoms with Gasteiger partial charge in [-0.3, -0.25) is 9.59 Å². The van der Waals surface area contributed by atoms with E-state index in [2.05, 4.69) is 15.0 Å². The monoisotopic (exact) mass is 526 g/mol. The number of methoxy groups -OCH3 is 1. The third-order valence-corrected chi connectivity index (χ3v) is 7.03. The lowest BCUT2D eigenvalue weighted by Crippen LogP contribution is -2.50. The van der Waals surface area contributed by atoms with E-state index in [0.29, 0.717) is 12.8 Å². The van der Waals surface area contributed by atoms with Gasteiger partial charge in [0.15, 0.2) is 0 Å². The molecule has 1 unspecified atom stereocenters. The first-order chi connectivity index (χ1) is 15.7. The largest absolute Gasteiger partial charge is 0.511 e. The third-order valence-electron chi connectivity index (χ3n) is 5.02. The number of nitrogens with zero attached hydrogens (tertiary/aromatic N) is 3. The topological polar surface area (TPSA) is 139 Å². The van der Waals surface area contributed by atoms with E-state index >= 15 is 0 Å². The summed E-state index contributed by atoms with van der Waals surface area (Å²) < 4.78 is 73.8. The molecule has 0 aliphatic heterocycles. The number of aromatic nitrogens is 1. The zero-order valence-corrected chi connectivity index (χ0v) is 19.9. The van der Waals surface area contributed by atoms with Crippen LogP contribution in [0.3, 0.4) is 0 Å². The number of esters is 1. The minimum atomic E-state index is -5.81. The summed E-state index contributed by atoms with van der Waals surface area (Å²) >= 11 is 5.94. The molecule has 0 saturated heterocycles. The number of hydrogen-bond acceptors (Lipinski definition) is 8. The van der Waals surface area contributed by atoms with Gasteiger partial charge in [-0.05, 0) is 25.8 Å². The molecule has 0 bridgehead atoms. The number of pyridine rings is 1. The number of nitriles is 1. The van der Waals surface area contributed by atoms with E-state index in [9.17, 15) is 31.2 Å². The van der Waals surface area contributed by atoms with E-state index in [1.807, 2.05) is 6.07 Å². The molecule has 1 heterocycles. The van der Waals surface area contributed by atoms with E-state index in [-0.39, 0.29) is 20.8 Å². The number of amides is 1. The van der Waals surface area contributed by atoms with Crippen molar-refractivity contribution >= 4 is 33.5 Å². The number of halogens is 4. The summed E-state index contributed by atoms with van der Waals surface area (Å²) in [7, 11) is -4.78. The molecule has 0 aromatic carbocycles. The number of rotatable bonds is 10. The molecular formula is C19H22ClF3N4O6S. The van der Waals surface area contributed by atoms with Crippen molar-refractivity contribution in [3.05, 3.63) is 23.0 Å². The van der Waals surface area contributed by atoms with Gasteiger partial charge < -0.3 is 14.8 Å². The molecule has 1 amide bonds. The highest BCUT2D eigenvalue weighted by atomic mass is 35.5. The molecule has 15 heteroatoms. The number of nitrogens with one attached hydrogen (secondary N) is 1. The number of alkyl halides is 3. The number of carbonyl (C=O) groups is 2. The fourth-order valence-corrected chi connectivity index (χ4v) is 4.24. The fourth-order valence-electron chi connectivity index (χ4n) is 2.84. The van der Waals surface area contributed by atoms with Crippen LogP contribution in [0.5, 0.6) is 5.75 Å². The zero-order chi connectivity index (χ0) is 25.9. The van der Waals surface area contributed by atoms with Gasteiger partial charge in [0.25, 0.3) is 5.91 Å². The normalized spacial score (nSPS) is 16.8. The predicted molar refractivity (Wildman–Crippen MR) is 112 cm³/mol. The summed E-state index contributed by atoms with van der Waals surface area (Å²) in [5, 5.41) is 11.4. The van der Waals surface area contributed by atoms with Crippen molar-refractivity contribution in [1.29, 1.82) is 5.26 Å². The Hall–Kier alpha value is -2.63. The van der Waals surface area contributed by atoms with Crippen LogP contribution in [-0.2, 0) is 19.6 Å². The summed E-state index contributed by atoms with van der Waals surface area (Å²) in [6.45, 7) is 1.01. The lowest BCUT2D eigenvalue weighted by atomic mass is 10.2. The molecule has 0 radical (unpaired) electrons. The van der Waals surface area contributed by atoms with Crippen LogP contribution in [-0.4, -0.2) is 66.9 Å². The van der Waals surface area contributed by atoms with Crippen LogP contribution < -0.4 is 10.1 Å². The summed E-state index contributed by atoms with van der Waals surface area (Å²) in [5.74, 6) is -2.84. The molecular weight excluding hydrogens is 505 g/mol. The molecule has 1 fully saturated rings. The zero-order valence-electron chi connectivity index (χ0n) is 18.3. The summed E-state index contributed by atoms with van der Waals surface area (Å²) in [5.41, 5.74) is -6.72. The van der Waals surface area contributed by atoms with E-state index in [1.54, 1.807) is 0 Å². The molecule has 10 nitrogen and oxygen atoms in total. The van der Waals surface area contributed by atoms with E-state index in [1.165, 1.54) is 13.0 Å². The first kappa shape index (κ1) is 27.6. The van der Waals surface area contributed by atoms with Crippen LogP contribution in [0.15, 0.2) is 12.3 Å². The smallest absolute Gasteiger partial charge is 0.490 e. The Kier molecular flexibility index (Phi) is 8.39. The third kappa shape index (κ3) is 6.28. The van der Waals surface area contributed by atoms with Crippen molar-refractivity contribution in [3.63, 3.8) is 0 Å². The first-order valence-electron chi connectivity index (χ1n) is 9.85. The fraction of sp³-hybridized carbons (Fsp3) is 0.579. The van der Waals surface area contributed by atoms with E-state index in [4.69, 9.17) is 21.6 Å². The molecule has 1 aliphatic carbocycles. The van der Waals surface area contributed by atoms with Gasteiger partial charge in [0, 0.05) is 6.54 Å². The molecule has 1 aromatic rings. The second-order valence-corrected chi connectivity index (χ2v) is 10.0. The van der Waals surface area contributed by atoms with Gasteiger partial charge in [-0.25, -0.2) is 13.4 Å². The van der Waals surface area contributed by atoms with Crippen molar-refractivity contribution in [2.45, 2.75) is 43.8 Å². The Balaban J connectivity index is 2.20. The SMILES string of the molecule is COC(=O)C(C)CN([C@@H](C)COc1cnc(Cl)c(C(=O)NC2(C#N)CC2)c1)S(=O)(=O)C(F)(F)F. The summed E-state index contributed by atoms with van der Waals surface area (Å²) in [4.78, 5) is 27.9. The molecule has 1 saturated carbocycles. The van der Waals surface area contributed by atoms with E-state index in [0.717, 1.165) is 20.2 Å². The lowest BCUT2D eigenvalue weighted by molar-refractivity contribution is -0.145. The molecule has 0 spiro atoms. The minimum Gasteiger partial charge on any atom is -0.490 e. The molecule has 2 atom stereocenters. The molecule has 1 aliphatic rings. The minimum absolute atomic E-state index is 0.0754. The van der Waals surface area contributed by atoms with Gasteiger partial charge in [0.2, 0.25) is 0 Å². The maximum absolute atomic E-state index is 13.2. The van der Waals surface area contributed by atoms with Crippen LogP contribution in [0, 0.1) is 17.2 Å². The molecule has 34 heavy (non-hydrogen) atoms. The second kappa shape index (κ2) is 10.3. The van der Waals surface area contributed by atoms with Gasteiger partial charge >= 0.3 is 21.5 Å². The lowest BCUT2D eigenvalue weighted by Gasteiger charge is -2.30. The second-order valence-electron chi connectivity index (χ2n) is 7.76. The van der Waals surface area contributed by atoms with Crippen LogP contribution in [0.1, 0.15) is 37.0 Å². The highest BCUT2D eigenvalue weighted by Gasteiger charge is 2.52. The van der Waals surface area contributed by atoms with Crippen molar-refractivity contribution in [2.24, 2.45) is 5.92 Å². The highest BCUT2D eigenvalue weighted by molar-refractivity contribution is 7.90. The molecule has 1 N–H and O–H groups in total. The average Bonchev–Trinajstić information content (AvgIpc) is 3.54. The van der Waals surface area contributed by atoms with E-state index < -0.39 is 58.1 Å². The summed E-state index contributed by atoms with van der Waals surface area (Å²) in [6, 6.07) is 1.78. The van der Waals surface area contributed by atoms with Gasteiger partial charge in [-0.2, -0.15) is 22.7 Å². The Morgan fingerprint density at radius 1 is 1.38 bits per heavy atom. The van der Waals surface area contributed by atoms with Crippen molar-refractivity contribution in [2.75, 3.05) is 20.3 Å². The summed E-state index contributed by atoms with van der Waals surface area (Å²) in [6.07, 6.45) is 2.05. The Labute approximate surface area is 199 Å². The maximum atomic E-state index is 13.2. The van der Waals surface area contributed by atoms with Gasteiger partial charge in [0.05, 0.1) is 36.9 Å². The van der Waals surface area contributed by atoms with Crippen LogP contribution in [0.25, 0.3) is 0 Å². The molecule has 1 aromatic heterocycles. The number of sulfonamides is 1. The van der Waals surface area contributed by atoms with Crippen molar-refractivity contribution in [1.82, 2.24) is 14.6 Å². The molecule has 188 valence electrons. The van der Waals surface area contributed by atoms with Crippen LogP contribution in [0.4, 0.5) is 13.2 Å². The van der Waals surface area contributed by atoms with Crippen LogP contribution in [0.2, 0.25) is 5.15 Å². The molecule has 2 rings (SSSR count). The van der Waals surface area contributed by atoms with Crippen molar-refractivity contribution in [3.8, 4) is 11.8 Å². The number of ether oxygens (including phenoxy) is 2. The number of carbonyl (C=O) groups excluding carboxylic acids is 2. The van der Waals surface area contributed by atoms with Gasteiger partial charge in [0.1, 0.15) is 23.0 Å². The standard InChI is InChI=1S/C19H22ClF3N4O6S/c1-11(17(29)32-3)8-27(34(30,31)19(21,22)23)12(2)9-33-13-6-14(15(20)25-7-13)16(28)26-18(10-24)4-5-18/h6-7,11-12H,4-5,8-9H2,1-3H3,(H,26,28)/t11?,12-/m0/s1.